The molecule has 2 saturated heterocycles. The van der Waals surface area contributed by atoms with Gasteiger partial charge in [0, 0.05) is 7.05 Å². The second kappa shape index (κ2) is 5.44. The van der Waals surface area contributed by atoms with Crippen molar-refractivity contribution in [3.05, 3.63) is 23.2 Å². The molecule has 130 valence electrons. The normalized spacial score (nSPS) is 32.4. The van der Waals surface area contributed by atoms with E-state index in [9.17, 15) is 14.4 Å². The fourth-order valence-corrected chi connectivity index (χ4v) is 3.98. The van der Waals surface area contributed by atoms with E-state index in [1.165, 1.54) is 14.2 Å². The van der Waals surface area contributed by atoms with E-state index in [0.29, 0.717) is 12.2 Å². The van der Waals surface area contributed by atoms with Crippen molar-refractivity contribution in [3.63, 3.8) is 0 Å². The maximum atomic E-state index is 12.7. The minimum absolute atomic E-state index is 0.298. The molecule has 4 atom stereocenters. The molecule has 0 aliphatic carbocycles. The molecule has 0 bridgehead atoms. The van der Waals surface area contributed by atoms with Crippen molar-refractivity contribution in [2.75, 3.05) is 14.2 Å². The number of carbonyl (C=O) groups excluding carboxylic acids is 3. The maximum absolute atomic E-state index is 12.7. The average Bonchev–Trinajstić information content (AvgIpc) is 3.16. The quantitative estimate of drug-likeness (QED) is 0.658. The highest BCUT2D eigenvalue weighted by Crippen LogP contribution is 2.50. The van der Waals surface area contributed by atoms with Gasteiger partial charge >= 0.3 is 5.97 Å². The monoisotopic (exact) mass is 334 g/mol. The molecule has 2 aliphatic rings. The number of rotatable bonds is 3. The van der Waals surface area contributed by atoms with E-state index < -0.39 is 29.4 Å². The number of esters is 1. The Balaban J connectivity index is 2.14. The molecular weight excluding hydrogens is 312 g/mol. The van der Waals surface area contributed by atoms with Crippen molar-refractivity contribution in [2.24, 2.45) is 11.8 Å². The summed E-state index contributed by atoms with van der Waals surface area (Å²) in [5.74, 6) is -1.33. The topological polar surface area (TPSA) is 88.8 Å². The Morgan fingerprint density at radius 3 is 2.54 bits per heavy atom. The van der Waals surface area contributed by atoms with Gasteiger partial charge < -0.3 is 9.15 Å². The predicted octanol–water partition coefficient (Wildman–Crippen LogP) is 1.09. The number of ether oxygens (including phenoxy) is 1. The molecule has 7 nitrogen and oxygen atoms in total. The Morgan fingerprint density at radius 1 is 1.38 bits per heavy atom. The van der Waals surface area contributed by atoms with Crippen LogP contribution in [0.4, 0.5) is 0 Å². The highest BCUT2D eigenvalue weighted by atomic mass is 16.5. The summed E-state index contributed by atoms with van der Waals surface area (Å²) in [6, 6.07) is 1.31. The molecule has 24 heavy (non-hydrogen) atoms. The summed E-state index contributed by atoms with van der Waals surface area (Å²) in [6.07, 6.45) is 0.336. The number of nitrogens with one attached hydrogen (secondary N) is 1. The van der Waals surface area contributed by atoms with Crippen LogP contribution in [0.3, 0.4) is 0 Å². The third-order valence-electron chi connectivity index (χ3n) is 5.47. The molecule has 0 aromatic carbocycles. The molecule has 0 spiro atoms. The summed E-state index contributed by atoms with van der Waals surface area (Å²) in [5, 5.41) is 3.21. The molecule has 0 unspecified atom stereocenters. The Kier molecular flexibility index (Phi) is 3.79. The molecule has 0 radical (unpaired) electrons. The molecule has 1 N–H and O–H groups in total. The minimum atomic E-state index is -1.23. The third-order valence-corrected chi connectivity index (χ3v) is 5.47. The van der Waals surface area contributed by atoms with E-state index in [2.05, 4.69) is 5.32 Å². The van der Waals surface area contributed by atoms with Crippen LogP contribution in [0.2, 0.25) is 0 Å². The molecule has 2 aliphatic heterocycles. The van der Waals surface area contributed by atoms with Crippen molar-refractivity contribution < 1.29 is 23.5 Å². The average molecular weight is 334 g/mol. The first kappa shape index (κ1) is 16.7. The fourth-order valence-electron chi connectivity index (χ4n) is 3.98. The van der Waals surface area contributed by atoms with Crippen LogP contribution in [0.25, 0.3) is 0 Å². The van der Waals surface area contributed by atoms with Crippen LogP contribution in [0.15, 0.2) is 10.5 Å². The Morgan fingerprint density at radius 2 is 2.04 bits per heavy atom. The second-order valence-electron chi connectivity index (χ2n) is 6.57. The van der Waals surface area contributed by atoms with Gasteiger partial charge in [0.25, 0.3) is 0 Å². The van der Waals surface area contributed by atoms with Crippen molar-refractivity contribution >= 4 is 17.8 Å². The van der Waals surface area contributed by atoms with Gasteiger partial charge in [-0.05, 0) is 31.9 Å². The molecule has 7 heteroatoms. The zero-order chi connectivity index (χ0) is 17.8. The zero-order valence-corrected chi connectivity index (χ0v) is 14.5. The first-order valence-corrected chi connectivity index (χ1v) is 8.03. The SMILES string of the molecule is CC[C@]1(C(=O)OC)N[C@@H](c2cc(C)c(C)o2)[C@H]2C(=O)N(C)C(=O)[C@H]21. The highest BCUT2D eigenvalue weighted by molar-refractivity contribution is 6.09. The largest absolute Gasteiger partial charge is 0.468 e. The number of imide groups is 1. The number of fused-ring (bicyclic) bond motifs is 1. The molecule has 1 aromatic heterocycles. The van der Waals surface area contributed by atoms with E-state index in [0.717, 1.165) is 16.2 Å². The van der Waals surface area contributed by atoms with Gasteiger partial charge in [-0.1, -0.05) is 6.92 Å². The van der Waals surface area contributed by atoms with Crippen molar-refractivity contribution in [1.82, 2.24) is 10.2 Å². The van der Waals surface area contributed by atoms with Gasteiger partial charge in [0.1, 0.15) is 17.1 Å². The Labute approximate surface area is 140 Å². The Hall–Kier alpha value is -2.15. The first-order chi connectivity index (χ1) is 11.3. The summed E-state index contributed by atoms with van der Waals surface area (Å²) in [7, 11) is 2.74. The fraction of sp³-hybridized carbons (Fsp3) is 0.588. The van der Waals surface area contributed by atoms with Gasteiger partial charge in [-0.3, -0.25) is 24.6 Å². The van der Waals surface area contributed by atoms with Gasteiger partial charge in [0.15, 0.2) is 0 Å². The van der Waals surface area contributed by atoms with Gasteiger partial charge in [-0.2, -0.15) is 0 Å². The maximum Gasteiger partial charge on any atom is 0.326 e. The molecule has 0 saturated carbocycles. The lowest BCUT2D eigenvalue weighted by Gasteiger charge is -2.30. The van der Waals surface area contributed by atoms with E-state index in [1.54, 1.807) is 6.92 Å². The van der Waals surface area contributed by atoms with Crippen molar-refractivity contribution in [2.45, 2.75) is 38.8 Å². The van der Waals surface area contributed by atoms with Crippen LogP contribution >= 0.6 is 0 Å². The van der Waals surface area contributed by atoms with Crippen LogP contribution in [-0.4, -0.2) is 42.4 Å². The Bertz CT molecular complexity index is 705. The van der Waals surface area contributed by atoms with Gasteiger partial charge in [-0.25, -0.2) is 0 Å². The van der Waals surface area contributed by atoms with Gasteiger partial charge in [-0.15, -0.1) is 0 Å². The molecule has 3 rings (SSSR count). The molecule has 2 fully saturated rings. The summed E-state index contributed by atoms with van der Waals surface area (Å²) < 4.78 is 10.7. The minimum Gasteiger partial charge on any atom is -0.468 e. The lowest BCUT2D eigenvalue weighted by Crippen LogP contribution is -2.55. The highest BCUT2D eigenvalue weighted by Gasteiger charge is 2.68. The molecular formula is C17H22N2O5. The van der Waals surface area contributed by atoms with Crippen LogP contribution < -0.4 is 5.32 Å². The van der Waals surface area contributed by atoms with Gasteiger partial charge in [0.2, 0.25) is 11.8 Å². The first-order valence-electron chi connectivity index (χ1n) is 8.03. The van der Waals surface area contributed by atoms with Crippen LogP contribution in [-0.2, 0) is 19.1 Å². The van der Waals surface area contributed by atoms with Crippen molar-refractivity contribution in [1.29, 1.82) is 0 Å². The number of furan rings is 1. The number of hydrogen-bond donors (Lipinski definition) is 1. The number of nitrogens with zero attached hydrogens (tertiary/aromatic N) is 1. The van der Waals surface area contributed by atoms with E-state index >= 15 is 0 Å². The summed E-state index contributed by atoms with van der Waals surface area (Å²) in [5.41, 5.74) is -0.267. The molecule has 2 amide bonds. The predicted molar refractivity (Wildman–Crippen MR) is 83.9 cm³/mol. The lowest BCUT2D eigenvalue weighted by molar-refractivity contribution is -0.154. The van der Waals surface area contributed by atoms with E-state index in [4.69, 9.17) is 9.15 Å². The standard InChI is InChI=1S/C17H22N2O5/c1-6-17(16(22)23-5)12-11(14(20)19(4)15(12)21)13(18-17)10-7-8(2)9(3)24-10/h7,11-13,18H,6H2,1-5H3/t11-,12-,13-,17-/m0/s1. The van der Waals surface area contributed by atoms with E-state index in [1.807, 2.05) is 19.9 Å². The van der Waals surface area contributed by atoms with Gasteiger partial charge in [0.05, 0.1) is 25.0 Å². The third kappa shape index (κ3) is 1.97. The number of hydrogen-bond acceptors (Lipinski definition) is 6. The summed E-state index contributed by atoms with van der Waals surface area (Å²) >= 11 is 0. The van der Waals surface area contributed by atoms with Crippen LogP contribution in [0.5, 0.6) is 0 Å². The zero-order valence-electron chi connectivity index (χ0n) is 14.5. The van der Waals surface area contributed by atoms with Crippen LogP contribution in [0.1, 0.15) is 36.5 Å². The summed E-state index contributed by atoms with van der Waals surface area (Å²) in [4.78, 5) is 39.0. The molecule has 3 heterocycles. The molecule has 1 aromatic rings. The summed E-state index contributed by atoms with van der Waals surface area (Å²) in [6.45, 7) is 5.56. The number of amides is 2. The van der Waals surface area contributed by atoms with E-state index in [-0.39, 0.29) is 11.8 Å². The number of aryl methyl sites for hydroxylation is 2. The van der Waals surface area contributed by atoms with Crippen LogP contribution in [0, 0.1) is 25.7 Å². The number of methoxy groups -OCH3 is 1. The second-order valence-corrected chi connectivity index (χ2v) is 6.57. The van der Waals surface area contributed by atoms with Crippen molar-refractivity contribution in [3.8, 4) is 0 Å². The number of likely N-dealkylation sites (tertiary alicyclic amines) is 1. The lowest BCUT2D eigenvalue weighted by atomic mass is 9.78. The smallest absolute Gasteiger partial charge is 0.326 e. The number of carbonyl (C=O) groups is 3.